The van der Waals surface area contributed by atoms with Crippen LogP contribution in [0.2, 0.25) is 0 Å². The molecule has 0 radical (unpaired) electrons. The zero-order valence-corrected chi connectivity index (χ0v) is 10.1. The van der Waals surface area contributed by atoms with Crippen molar-refractivity contribution >= 4 is 11.6 Å². The number of nitrogens with zero attached hydrogens (tertiary/aromatic N) is 1. The van der Waals surface area contributed by atoms with Crippen LogP contribution in [0.5, 0.6) is 0 Å². The zero-order chi connectivity index (χ0) is 11.8. The number of carbonyl (C=O) groups is 1. The van der Waals surface area contributed by atoms with Gasteiger partial charge in [0.1, 0.15) is 0 Å². The van der Waals surface area contributed by atoms with Crippen LogP contribution in [0.3, 0.4) is 0 Å². The van der Waals surface area contributed by atoms with Crippen molar-refractivity contribution < 1.29 is 4.79 Å². The van der Waals surface area contributed by atoms with E-state index in [1.54, 1.807) is 0 Å². The molecule has 1 aromatic carbocycles. The van der Waals surface area contributed by atoms with Gasteiger partial charge < -0.3 is 10.2 Å². The minimum atomic E-state index is 0.275. The number of anilines is 1. The molecule has 1 amide bonds. The predicted molar refractivity (Wildman–Crippen MR) is 67.8 cm³/mol. The molecule has 1 N–H and O–H groups in total. The largest absolute Gasteiger partial charge is 0.382 e. The summed E-state index contributed by atoms with van der Waals surface area (Å²) in [6.45, 7) is 3.11. The molecular weight excluding hydrogens is 212 g/mol. The highest BCUT2D eigenvalue weighted by Gasteiger charge is 2.33. The number of hydrogen-bond acceptors (Lipinski definition) is 2. The Kier molecular flexibility index (Phi) is 2.54. The molecule has 3 nitrogen and oxygen atoms in total. The molecule has 2 aliphatic heterocycles. The lowest BCUT2D eigenvalue weighted by atomic mass is 9.92. The standard InChI is InChI=1S/C14H18N2O/c1-10-9-13(16-8-4-7-14(16)17)11-5-2-3-6-12(11)15-10/h2-3,5-6,10,13,15H,4,7-9H2,1H3/t10-,13+/m1/s1. The van der Waals surface area contributed by atoms with Crippen LogP contribution in [-0.2, 0) is 4.79 Å². The summed E-state index contributed by atoms with van der Waals surface area (Å²) in [5.74, 6) is 0.318. The Morgan fingerprint density at radius 1 is 1.35 bits per heavy atom. The molecule has 0 unspecified atom stereocenters. The van der Waals surface area contributed by atoms with Crippen LogP contribution in [-0.4, -0.2) is 23.4 Å². The van der Waals surface area contributed by atoms with Crippen molar-refractivity contribution in [2.45, 2.75) is 38.3 Å². The Labute approximate surface area is 102 Å². The Balaban J connectivity index is 1.97. The van der Waals surface area contributed by atoms with Crippen molar-refractivity contribution in [3.05, 3.63) is 29.8 Å². The highest BCUT2D eigenvalue weighted by Crippen LogP contribution is 2.38. The summed E-state index contributed by atoms with van der Waals surface area (Å²) in [4.78, 5) is 14.0. The fraction of sp³-hybridized carbons (Fsp3) is 0.500. The van der Waals surface area contributed by atoms with Gasteiger partial charge in [-0.05, 0) is 31.4 Å². The van der Waals surface area contributed by atoms with Crippen molar-refractivity contribution in [1.29, 1.82) is 0 Å². The van der Waals surface area contributed by atoms with E-state index in [2.05, 4.69) is 35.3 Å². The molecule has 2 aliphatic rings. The number of amides is 1. The van der Waals surface area contributed by atoms with Crippen molar-refractivity contribution in [3.8, 4) is 0 Å². The highest BCUT2D eigenvalue weighted by molar-refractivity contribution is 5.79. The first-order chi connectivity index (χ1) is 8.25. The second kappa shape index (κ2) is 4.06. The molecule has 0 aliphatic carbocycles. The van der Waals surface area contributed by atoms with Gasteiger partial charge in [0.2, 0.25) is 5.91 Å². The molecule has 3 rings (SSSR count). The highest BCUT2D eigenvalue weighted by atomic mass is 16.2. The summed E-state index contributed by atoms with van der Waals surface area (Å²) in [6, 6.07) is 9.07. The molecule has 2 atom stereocenters. The molecule has 0 aromatic heterocycles. The van der Waals surface area contributed by atoms with Crippen LogP contribution in [0.4, 0.5) is 5.69 Å². The smallest absolute Gasteiger partial charge is 0.223 e. The maximum atomic E-state index is 11.9. The number of hydrogen-bond donors (Lipinski definition) is 1. The number of likely N-dealkylation sites (tertiary alicyclic amines) is 1. The zero-order valence-electron chi connectivity index (χ0n) is 10.1. The quantitative estimate of drug-likeness (QED) is 0.804. The maximum Gasteiger partial charge on any atom is 0.223 e. The molecule has 0 saturated carbocycles. The van der Waals surface area contributed by atoms with Crippen molar-refractivity contribution in [1.82, 2.24) is 4.90 Å². The molecule has 1 aromatic rings. The van der Waals surface area contributed by atoms with Crippen LogP contribution >= 0.6 is 0 Å². The summed E-state index contributed by atoms with van der Waals surface area (Å²) < 4.78 is 0. The van der Waals surface area contributed by atoms with Gasteiger partial charge in [0.05, 0.1) is 6.04 Å². The van der Waals surface area contributed by atoms with Gasteiger partial charge in [-0.1, -0.05) is 18.2 Å². The van der Waals surface area contributed by atoms with Crippen LogP contribution in [0.1, 0.15) is 37.8 Å². The van der Waals surface area contributed by atoms with Crippen LogP contribution in [0.25, 0.3) is 0 Å². The summed E-state index contributed by atoms with van der Waals surface area (Å²) in [7, 11) is 0. The van der Waals surface area contributed by atoms with Crippen LogP contribution in [0.15, 0.2) is 24.3 Å². The molecule has 1 fully saturated rings. The Bertz CT molecular complexity index is 444. The Morgan fingerprint density at radius 2 is 2.18 bits per heavy atom. The first-order valence-corrected chi connectivity index (χ1v) is 6.40. The average Bonchev–Trinajstić information content (AvgIpc) is 2.74. The van der Waals surface area contributed by atoms with E-state index in [9.17, 15) is 4.79 Å². The number of carbonyl (C=O) groups excluding carboxylic acids is 1. The minimum absolute atomic E-state index is 0.275. The number of rotatable bonds is 1. The van der Waals surface area contributed by atoms with E-state index < -0.39 is 0 Å². The molecule has 3 heteroatoms. The van der Waals surface area contributed by atoms with Gasteiger partial charge in [-0.25, -0.2) is 0 Å². The van der Waals surface area contributed by atoms with E-state index in [1.807, 2.05) is 6.07 Å². The average molecular weight is 230 g/mol. The van der Waals surface area contributed by atoms with Gasteiger partial charge in [-0.15, -0.1) is 0 Å². The molecule has 2 heterocycles. The van der Waals surface area contributed by atoms with Crippen molar-refractivity contribution in [3.63, 3.8) is 0 Å². The topological polar surface area (TPSA) is 32.3 Å². The monoisotopic (exact) mass is 230 g/mol. The van der Waals surface area contributed by atoms with Crippen molar-refractivity contribution in [2.24, 2.45) is 0 Å². The van der Waals surface area contributed by atoms with Gasteiger partial charge in [0.15, 0.2) is 0 Å². The second-order valence-electron chi connectivity index (χ2n) is 5.07. The fourth-order valence-corrected chi connectivity index (χ4v) is 3.00. The Hall–Kier alpha value is -1.51. The lowest BCUT2D eigenvalue weighted by molar-refractivity contribution is -0.130. The minimum Gasteiger partial charge on any atom is -0.382 e. The SMILES string of the molecule is C[C@@H]1C[C@H](N2CCCC2=O)c2ccccc2N1. The van der Waals surface area contributed by atoms with Crippen LogP contribution in [0, 0.1) is 0 Å². The molecule has 0 bridgehead atoms. The molecule has 0 spiro atoms. The molecule has 1 saturated heterocycles. The molecule has 17 heavy (non-hydrogen) atoms. The third-order valence-corrected chi connectivity index (χ3v) is 3.78. The lowest BCUT2D eigenvalue weighted by Crippen LogP contribution is -2.37. The number of benzene rings is 1. The van der Waals surface area contributed by atoms with Crippen LogP contribution < -0.4 is 5.32 Å². The van der Waals surface area contributed by atoms with Gasteiger partial charge in [-0.2, -0.15) is 0 Å². The van der Waals surface area contributed by atoms with Crippen molar-refractivity contribution in [2.75, 3.05) is 11.9 Å². The maximum absolute atomic E-state index is 11.9. The first kappa shape index (κ1) is 10.6. The van der Waals surface area contributed by atoms with E-state index in [0.717, 1.165) is 25.8 Å². The number of fused-ring (bicyclic) bond motifs is 1. The normalized spacial score (nSPS) is 27.8. The molecule has 90 valence electrons. The summed E-state index contributed by atoms with van der Waals surface area (Å²) >= 11 is 0. The van der Waals surface area contributed by atoms with Gasteiger partial charge >= 0.3 is 0 Å². The summed E-state index contributed by atoms with van der Waals surface area (Å²) in [5, 5.41) is 3.49. The third-order valence-electron chi connectivity index (χ3n) is 3.78. The first-order valence-electron chi connectivity index (χ1n) is 6.40. The van der Waals surface area contributed by atoms with E-state index >= 15 is 0 Å². The van der Waals surface area contributed by atoms with E-state index in [-0.39, 0.29) is 6.04 Å². The van der Waals surface area contributed by atoms with E-state index in [4.69, 9.17) is 0 Å². The second-order valence-corrected chi connectivity index (χ2v) is 5.07. The fourth-order valence-electron chi connectivity index (χ4n) is 3.00. The lowest BCUT2D eigenvalue weighted by Gasteiger charge is -2.36. The third kappa shape index (κ3) is 1.79. The van der Waals surface area contributed by atoms with Gasteiger partial charge in [0.25, 0.3) is 0 Å². The van der Waals surface area contributed by atoms with Gasteiger partial charge in [-0.3, -0.25) is 4.79 Å². The van der Waals surface area contributed by atoms with E-state index in [1.165, 1.54) is 11.3 Å². The number of para-hydroxylation sites is 1. The number of nitrogens with one attached hydrogen (secondary N) is 1. The Morgan fingerprint density at radius 3 is 2.94 bits per heavy atom. The van der Waals surface area contributed by atoms with Gasteiger partial charge in [0, 0.05) is 24.7 Å². The van der Waals surface area contributed by atoms with E-state index in [0.29, 0.717) is 11.9 Å². The summed E-state index contributed by atoms with van der Waals surface area (Å²) in [6.07, 6.45) is 2.75. The predicted octanol–water partition coefficient (Wildman–Crippen LogP) is 2.55. The summed E-state index contributed by atoms with van der Waals surface area (Å²) in [5.41, 5.74) is 2.47. The molecular formula is C14H18N2O.